The first kappa shape index (κ1) is 21.3. The van der Waals surface area contributed by atoms with Crippen molar-refractivity contribution in [3.05, 3.63) is 94.9 Å². The first-order valence-electron chi connectivity index (χ1n) is 9.87. The Morgan fingerprint density at radius 1 is 1.06 bits per heavy atom. The SMILES string of the molecule is O=C1c2ccccc2S(=O)(=O)NN1CC(=O)N1NC(c2ccc(Cl)cc2)=C[C@H]1c1ccco1. The van der Waals surface area contributed by atoms with Crippen molar-refractivity contribution in [3.63, 3.8) is 0 Å². The van der Waals surface area contributed by atoms with Crippen LogP contribution in [0.2, 0.25) is 5.02 Å². The van der Waals surface area contributed by atoms with E-state index >= 15 is 0 Å². The zero-order chi connectivity index (χ0) is 23.2. The highest BCUT2D eigenvalue weighted by molar-refractivity contribution is 7.89. The predicted octanol–water partition coefficient (Wildman–Crippen LogP) is 2.71. The molecule has 0 bridgehead atoms. The van der Waals surface area contributed by atoms with Gasteiger partial charge in [0, 0.05) is 5.02 Å². The van der Waals surface area contributed by atoms with Gasteiger partial charge in [-0.1, -0.05) is 35.9 Å². The summed E-state index contributed by atoms with van der Waals surface area (Å²) in [4.78, 5) is 28.2. The van der Waals surface area contributed by atoms with Crippen molar-refractivity contribution in [1.29, 1.82) is 0 Å². The van der Waals surface area contributed by atoms with Gasteiger partial charge in [0.05, 0.1) is 22.4 Å². The third-order valence-electron chi connectivity index (χ3n) is 5.28. The maximum absolute atomic E-state index is 13.3. The number of rotatable bonds is 4. The molecule has 0 saturated carbocycles. The molecule has 2 aliphatic rings. The van der Waals surface area contributed by atoms with Crippen LogP contribution in [0.15, 0.2) is 82.3 Å². The average molecular weight is 485 g/mol. The average Bonchev–Trinajstić information content (AvgIpc) is 3.48. The minimum atomic E-state index is -3.99. The monoisotopic (exact) mass is 484 g/mol. The predicted molar refractivity (Wildman–Crippen MR) is 119 cm³/mol. The molecule has 9 nitrogen and oxygen atoms in total. The summed E-state index contributed by atoms with van der Waals surface area (Å²) in [5.41, 5.74) is 4.46. The van der Waals surface area contributed by atoms with Crippen LogP contribution in [0.3, 0.4) is 0 Å². The van der Waals surface area contributed by atoms with E-state index in [0.29, 0.717) is 16.5 Å². The Morgan fingerprint density at radius 2 is 1.82 bits per heavy atom. The van der Waals surface area contributed by atoms with Gasteiger partial charge >= 0.3 is 0 Å². The topological polar surface area (TPSA) is 112 Å². The van der Waals surface area contributed by atoms with Crippen molar-refractivity contribution in [1.82, 2.24) is 20.3 Å². The number of halogens is 1. The van der Waals surface area contributed by atoms with Crippen molar-refractivity contribution in [3.8, 4) is 0 Å². The van der Waals surface area contributed by atoms with E-state index in [2.05, 4.69) is 10.3 Å². The molecule has 0 unspecified atom stereocenters. The molecular formula is C22H17ClN4O5S. The summed E-state index contributed by atoms with van der Waals surface area (Å²) in [5.74, 6) is -0.670. The van der Waals surface area contributed by atoms with Gasteiger partial charge in [0.25, 0.3) is 21.8 Å². The maximum Gasteiger partial charge on any atom is 0.270 e. The summed E-state index contributed by atoms with van der Waals surface area (Å²) in [6.45, 7) is -0.529. The van der Waals surface area contributed by atoms with E-state index in [0.717, 1.165) is 10.6 Å². The highest BCUT2D eigenvalue weighted by atomic mass is 35.5. The summed E-state index contributed by atoms with van der Waals surface area (Å²) in [7, 11) is -3.99. The van der Waals surface area contributed by atoms with Crippen LogP contribution in [0.1, 0.15) is 27.7 Å². The first-order chi connectivity index (χ1) is 15.8. The molecule has 0 fully saturated rings. The number of fused-ring (bicyclic) bond motifs is 1. The molecule has 33 heavy (non-hydrogen) atoms. The Morgan fingerprint density at radius 3 is 2.55 bits per heavy atom. The first-order valence-corrected chi connectivity index (χ1v) is 11.7. The molecule has 2 amide bonds. The zero-order valence-electron chi connectivity index (χ0n) is 16.9. The standard InChI is InChI=1S/C22H17ClN4O5S/c23-15-9-7-14(8-10-15)17-12-18(19-5-3-11-32-19)27(24-17)21(28)13-26-22(29)16-4-1-2-6-20(16)33(30,31)25-26/h1-12,18,24-25H,13H2/t18-/m0/s1. The van der Waals surface area contributed by atoms with E-state index in [1.807, 2.05) is 0 Å². The fourth-order valence-corrected chi connectivity index (χ4v) is 5.08. The van der Waals surface area contributed by atoms with Crippen molar-refractivity contribution in [2.45, 2.75) is 10.9 Å². The molecule has 1 aromatic heterocycles. The number of amides is 2. The van der Waals surface area contributed by atoms with Crippen molar-refractivity contribution in [2.75, 3.05) is 6.54 Å². The van der Waals surface area contributed by atoms with Crippen LogP contribution in [0, 0.1) is 0 Å². The molecule has 168 valence electrons. The molecule has 1 atom stereocenters. The van der Waals surface area contributed by atoms with Gasteiger partial charge in [-0.3, -0.25) is 20.0 Å². The Bertz CT molecular complexity index is 1370. The van der Waals surface area contributed by atoms with E-state index < -0.39 is 34.4 Å². The molecule has 2 aromatic carbocycles. The summed E-state index contributed by atoms with van der Waals surface area (Å²) >= 11 is 5.98. The number of nitrogens with zero attached hydrogens (tertiary/aromatic N) is 2. The van der Waals surface area contributed by atoms with Crippen molar-refractivity contribution in [2.24, 2.45) is 0 Å². The second-order valence-corrected chi connectivity index (χ2v) is 9.47. The molecule has 2 N–H and O–H groups in total. The highest BCUT2D eigenvalue weighted by Gasteiger charge is 2.38. The van der Waals surface area contributed by atoms with Gasteiger partial charge in [-0.15, -0.1) is 4.83 Å². The van der Waals surface area contributed by atoms with E-state index in [9.17, 15) is 18.0 Å². The van der Waals surface area contributed by atoms with Crippen LogP contribution in [-0.4, -0.2) is 36.8 Å². The lowest BCUT2D eigenvalue weighted by Gasteiger charge is -2.31. The van der Waals surface area contributed by atoms with Crippen LogP contribution < -0.4 is 10.3 Å². The van der Waals surface area contributed by atoms with Crippen LogP contribution in [-0.2, 0) is 14.8 Å². The minimum Gasteiger partial charge on any atom is -0.467 e. The third kappa shape index (κ3) is 3.88. The van der Waals surface area contributed by atoms with Gasteiger partial charge in [0.1, 0.15) is 18.3 Å². The second kappa shape index (κ2) is 8.07. The van der Waals surface area contributed by atoms with Crippen molar-refractivity contribution < 1.29 is 22.4 Å². The van der Waals surface area contributed by atoms with Gasteiger partial charge in [-0.2, -0.15) is 0 Å². The van der Waals surface area contributed by atoms with Gasteiger partial charge in [-0.25, -0.2) is 13.4 Å². The fourth-order valence-electron chi connectivity index (χ4n) is 3.72. The van der Waals surface area contributed by atoms with E-state index in [1.165, 1.54) is 29.5 Å². The van der Waals surface area contributed by atoms with E-state index in [4.69, 9.17) is 16.0 Å². The van der Waals surface area contributed by atoms with Gasteiger partial charge < -0.3 is 4.42 Å². The second-order valence-electron chi connectivity index (χ2n) is 7.41. The van der Waals surface area contributed by atoms with E-state index in [-0.39, 0.29) is 10.5 Å². The molecular weight excluding hydrogens is 468 g/mol. The van der Waals surface area contributed by atoms with Crippen molar-refractivity contribution >= 4 is 39.1 Å². The fraction of sp³-hybridized carbons (Fsp3) is 0.0909. The quantitative estimate of drug-likeness (QED) is 0.589. The summed E-state index contributed by atoms with van der Waals surface area (Å²) in [6.07, 6.45) is 3.29. The molecule has 3 aromatic rings. The molecule has 2 aliphatic heterocycles. The number of carbonyl (C=O) groups is 2. The largest absolute Gasteiger partial charge is 0.467 e. The van der Waals surface area contributed by atoms with Gasteiger partial charge in [0.2, 0.25) is 0 Å². The van der Waals surface area contributed by atoms with Gasteiger partial charge in [-0.05, 0) is 48.0 Å². The lowest BCUT2D eigenvalue weighted by molar-refractivity contribution is -0.135. The third-order valence-corrected chi connectivity index (χ3v) is 6.93. The number of sulfonamides is 1. The lowest BCUT2D eigenvalue weighted by Crippen LogP contribution is -2.55. The van der Waals surface area contributed by atoms with Crippen LogP contribution in [0.5, 0.6) is 0 Å². The molecule has 5 rings (SSSR count). The highest BCUT2D eigenvalue weighted by Crippen LogP contribution is 2.32. The van der Waals surface area contributed by atoms with Crippen LogP contribution in [0.25, 0.3) is 5.70 Å². The zero-order valence-corrected chi connectivity index (χ0v) is 18.5. The molecule has 0 radical (unpaired) electrons. The smallest absolute Gasteiger partial charge is 0.270 e. The molecule has 0 aliphatic carbocycles. The summed E-state index contributed by atoms with van der Waals surface area (Å²) < 4.78 is 30.6. The van der Waals surface area contributed by atoms with Crippen LogP contribution in [0.4, 0.5) is 0 Å². The maximum atomic E-state index is 13.3. The number of hydrazine groups is 2. The van der Waals surface area contributed by atoms with E-state index in [1.54, 1.807) is 48.5 Å². The minimum absolute atomic E-state index is 0.000920. The normalized spacial score (nSPS) is 19.1. The number of benzene rings is 2. The number of hydrogen-bond acceptors (Lipinski definition) is 6. The molecule has 0 saturated heterocycles. The lowest BCUT2D eigenvalue weighted by atomic mass is 10.1. The number of hydrogen-bond donors (Lipinski definition) is 2. The Balaban J connectivity index is 1.42. The van der Waals surface area contributed by atoms with Gasteiger partial charge in [0.15, 0.2) is 0 Å². The van der Waals surface area contributed by atoms with Crippen LogP contribution >= 0.6 is 11.6 Å². The Kier molecular flexibility index (Phi) is 5.20. The molecule has 0 spiro atoms. The number of carbonyl (C=O) groups excluding carboxylic acids is 2. The Hall–Kier alpha value is -3.60. The summed E-state index contributed by atoms with van der Waals surface area (Å²) in [6, 6.07) is 15.7. The Labute approximate surface area is 194 Å². The summed E-state index contributed by atoms with van der Waals surface area (Å²) in [5, 5.41) is 2.66. The number of nitrogens with one attached hydrogen (secondary N) is 2. The molecule has 11 heteroatoms. The molecule has 3 heterocycles. The number of furan rings is 1.